The van der Waals surface area contributed by atoms with Crippen LogP contribution in [0.4, 0.5) is 11.4 Å². The quantitative estimate of drug-likeness (QED) is 0.176. The van der Waals surface area contributed by atoms with Gasteiger partial charge in [-0.25, -0.2) is 0 Å². The molecule has 0 amide bonds. The van der Waals surface area contributed by atoms with Crippen LogP contribution in [-0.2, 0) is 5.41 Å². The molecule has 7 aromatic carbocycles. The average Bonchev–Trinajstić information content (AvgIpc) is 3.51. The molecule has 51 heavy (non-hydrogen) atoms. The first-order valence-corrected chi connectivity index (χ1v) is 18.0. The van der Waals surface area contributed by atoms with E-state index in [1.54, 1.807) is 0 Å². The van der Waals surface area contributed by atoms with Gasteiger partial charge >= 0.3 is 0 Å². The lowest BCUT2D eigenvalue weighted by molar-refractivity contribution is 0.591. The van der Waals surface area contributed by atoms with Gasteiger partial charge in [-0.15, -0.1) is 0 Å². The summed E-state index contributed by atoms with van der Waals surface area (Å²) < 4.78 is 0. The smallest absolute Gasteiger partial charge is 0.0701 e. The molecule has 0 saturated carbocycles. The molecule has 0 radical (unpaired) electrons. The van der Waals surface area contributed by atoms with E-state index in [1.165, 1.54) is 77.1 Å². The predicted octanol–water partition coefficient (Wildman–Crippen LogP) is 13.0. The molecule has 1 aliphatic carbocycles. The Morgan fingerprint density at radius 3 is 2.02 bits per heavy atom. The summed E-state index contributed by atoms with van der Waals surface area (Å²) in [6.45, 7) is 6.91. The summed E-state index contributed by atoms with van der Waals surface area (Å²) in [5.74, 6) is 0.350. The van der Waals surface area contributed by atoms with Gasteiger partial charge in [-0.2, -0.15) is 0 Å². The van der Waals surface area contributed by atoms with Crippen LogP contribution in [0.25, 0.3) is 65.8 Å². The number of fused-ring (bicyclic) bond motifs is 3. The molecule has 1 aromatic heterocycles. The molecule has 10 rings (SSSR count). The Bertz CT molecular complexity index is 2660. The molecular formula is C49H38N2. The number of benzene rings is 7. The first-order chi connectivity index (χ1) is 24.9. The molecule has 0 spiro atoms. The summed E-state index contributed by atoms with van der Waals surface area (Å²) in [4.78, 5) is 7.14. The molecule has 0 bridgehead atoms. The van der Waals surface area contributed by atoms with Crippen molar-refractivity contribution in [1.82, 2.24) is 4.98 Å². The summed E-state index contributed by atoms with van der Waals surface area (Å²) in [5.41, 5.74) is 12.4. The van der Waals surface area contributed by atoms with E-state index in [0.717, 1.165) is 11.3 Å². The lowest BCUT2D eigenvalue weighted by Crippen LogP contribution is -2.28. The highest BCUT2D eigenvalue weighted by Gasteiger charge is 2.37. The minimum atomic E-state index is 0.0626. The van der Waals surface area contributed by atoms with E-state index in [-0.39, 0.29) is 11.5 Å². The van der Waals surface area contributed by atoms with E-state index >= 15 is 0 Å². The van der Waals surface area contributed by atoms with E-state index in [2.05, 4.69) is 176 Å². The first-order valence-electron chi connectivity index (χ1n) is 18.0. The first kappa shape index (κ1) is 29.9. The van der Waals surface area contributed by atoms with Gasteiger partial charge in [-0.05, 0) is 108 Å². The van der Waals surface area contributed by atoms with Crippen molar-refractivity contribution in [3.8, 4) is 33.5 Å². The number of para-hydroxylation sites is 1. The monoisotopic (exact) mass is 654 g/mol. The Balaban J connectivity index is 1.20. The fraction of sp³-hybridized carbons (Fsp3) is 0.122. The second-order valence-corrected chi connectivity index (χ2v) is 15.2. The van der Waals surface area contributed by atoms with Gasteiger partial charge in [-0.1, -0.05) is 142 Å². The maximum Gasteiger partial charge on any atom is 0.0701 e. The zero-order valence-electron chi connectivity index (χ0n) is 29.1. The predicted molar refractivity (Wildman–Crippen MR) is 216 cm³/mol. The molecule has 0 fully saturated rings. The summed E-state index contributed by atoms with van der Waals surface area (Å²) >= 11 is 0. The van der Waals surface area contributed by atoms with E-state index < -0.39 is 0 Å². The zero-order chi connectivity index (χ0) is 34.3. The second-order valence-electron chi connectivity index (χ2n) is 15.2. The molecular weight excluding hydrogens is 617 g/mol. The number of nitrogens with zero attached hydrogens (tertiary/aromatic N) is 2. The van der Waals surface area contributed by atoms with Crippen molar-refractivity contribution >= 4 is 43.7 Å². The highest BCUT2D eigenvalue weighted by molar-refractivity contribution is 6.28. The van der Waals surface area contributed by atoms with Gasteiger partial charge in [0.05, 0.1) is 11.7 Å². The fourth-order valence-electron chi connectivity index (χ4n) is 8.59. The minimum Gasteiger partial charge on any atom is -0.333 e. The average molecular weight is 655 g/mol. The van der Waals surface area contributed by atoms with Gasteiger partial charge in [0.1, 0.15) is 0 Å². The topological polar surface area (TPSA) is 16.1 Å². The van der Waals surface area contributed by atoms with Gasteiger partial charge in [0, 0.05) is 29.1 Å². The number of pyridine rings is 1. The maximum absolute atomic E-state index is 4.60. The van der Waals surface area contributed by atoms with Gasteiger partial charge < -0.3 is 4.90 Å². The third kappa shape index (κ3) is 4.74. The Kier molecular flexibility index (Phi) is 6.60. The van der Waals surface area contributed by atoms with Crippen molar-refractivity contribution in [3.63, 3.8) is 0 Å². The lowest BCUT2D eigenvalue weighted by Gasteiger charge is -2.29. The molecule has 2 atom stereocenters. The van der Waals surface area contributed by atoms with Crippen LogP contribution >= 0.6 is 0 Å². The molecule has 0 N–H and O–H groups in total. The Hall–Kier alpha value is -5.99. The van der Waals surface area contributed by atoms with Crippen molar-refractivity contribution in [2.75, 3.05) is 4.90 Å². The van der Waals surface area contributed by atoms with Crippen molar-refractivity contribution < 1.29 is 0 Å². The summed E-state index contributed by atoms with van der Waals surface area (Å²) in [5, 5.41) is 7.86. The number of aromatic nitrogens is 1. The maximum atomic E-state index is 4.60. The molecule has 2 unspecified atom stereocenters. The van der Waals surface area contributed by atoms with Crippen molar-refractivity contribution in [2.24, 2.45) is 0 Å². The third-order valence-electron chi connectivity index (χ3n) is 11.1. The summed E-state index contributed by atoms with van der Waals surface area (Å²) in [7, 11) is 0. The van der Waals surface area contributed by atoms with E-state index in [0.29, 0.717) is 5.92 Å². The SMILES string of the molecule is CC(C)(C)c1cc2ccc3c(-c4ccc(-c5ccccn5)cc4)cc(-c4cccc(N5c6ccccc6C6C=CC=CC65)c4)c4ccc(c1)c2c34. The number of rotatable bonds is 4. The van der Waals surface area contributed by atoms with Crippen molar-refractivity contribution in [1.29, 1.82) is 0 Å². The number of anilines is 2. The van der Waals surface area contributed by atoms with Gasteiger partial charge in [0.15, 0.2) is 0 Å². The van der Waals surface area contributed by atoms with E-state index in [9.17, 15) is 0 Å². The van der Waals surface area contributed by atoms with Crippen LogP contribution in [0.2, 0.25) is 0 Å². The largest absolute Gasteiger partial charge is 0.333 e. The van der Waals surface area contributed by atoms with Crippen LogP contribution in [-0.4, -0.2) is 11.0 Å². The number of hydrogen-bond donors (Lipinski definition) is 0. The molecule has 2 heteroatoms. The zero-order valence-corrected chi connectivity index (χ0v) is 29.1. The molecule has 1 aliphatic heterocycles. The third-order valence-corrected chi connectivity index (χ3v) is 11.1. The van der Waals surface area contributed by atoms with Crippen LogP contribution in [0.15, 0.2) is 164 Å². The summed E-state index contributed by atoms with van der Waals surface area (Å²) in [6.07, 6.45) is 11.0. The molecule has 2 heterocycles. The Morgan fingerprint density at radius 1 is 0.569 bits per heavy atom. The highest BCUT2D eigenvalue weighted by atomic mass is 15.2. The van der Waals surface area contributed by atoms with Gasteiger partial charge in [0.2, 0.25) is 0 Å². The fourth-order valence-corrected chi connectivity index (χ4v) is 8.59. The van der Waals surface area contributed by atoms with Crippen LogP contribution in [0.3, 0.4) is 0 Å². The number of hydrogen-bond acceptors (Lipinski definition) is 2. The molecule has 0 saturated heterocycles. The van der Waals surface area contributed by atoms with E-state index in [1.807, 2.05) is 18.3 Å². The van der Waals surface area contributed by atoms with Crippen LogP contribution in [0.1, 0.15) is 37.8 Å². The normalized spacial score (nSPS) is 16.7. The van der Waals surface area contributed by atoms with Crippen molar-refractivity contribution in [2.45, 2.75) is 38.1 Å². The summed E-state index contributed by atoms with van der Waals surface area (Å²) in [6, 6.07) is 50.0. The van der Waals surface area contributed by atoms with Crippen LogP contribution in [0.5, 0.6) is 0 Å². The van der Waals surface area contributed by atoms with Crippen LogP contribution < -0.4 is 4.90 Å². The Labute approximate surface area is 299 Å². The lowest BCUT2D eigenvalue weighted by atomic mass is 9.81. The van der Waals surface area contributed by atoms with Crippen molar-refractivity contribution in [3.05, 3.63) is 175 Å². The second kappa shape index (κ2) is 11.3. The Morgan fingerprint density at radius 2 is 1.27 bits per heavy atom. The molecule has 8 aromatic rings. The molecule has 2 nitrogen and oxygen atoms in total. The van der Waals surface area contributed by atoms with E-state index in [4.69, 9.17) is 0 Å². The minimum absolute atomic E-state index is 0.0626. The number of allylic oxidation sites excluding steroid dienone is 2. The standard InChI is InChI=1S/C49H38N2/c1-49(2,3)36-27-34-22-24-40-42(31-18-20-32(21-19-31)44-15-8-9-26-50-44)30-43(41-25-23-35(28-36)47(34)48(40)41)33-11-10-12-37(29-33)51-45-16-6-4-13-38(45)39-14-5-7-17-46(39)51/h4-30,38,45H,1-3H3. The highest BCUT2D eigenvalue weighted by Crippen LogP contribution is 2.49. The van der Waals surface area contributed by atoms with Gasteiger partial charge in [0.25, 0.3) is 0 Å². The molecule has 244 valence electrons. The molecule has 2 aliphatic rings. The van der Waals surface area contributed by atoms with Crippen LogP contribution in [0, 0.1) is 0 Å². The van der Waals surface area contributed by atoms with Gasteiger partial charge in [-0.3, -0.25) is 4.98 Å².